The Bertz CT molecular complexity index is 792. The summed E-state index contributed by atoms with van der Waals surface area (Å²) in [6, 6.07) is 6.38. The quantitative estimate of drug-likeness (QED) is 0.872. The third-order valence-electron chi connectivity index (χ3n) is 4.61. The molecule has 132 valence electrons. The molecule has 0 radical (unpaired) electrons. The molecule has 1 fully saturated rings. The molecule has 1 aromatic carbocycles. The van der Waals surface area contributed by atoms with Crippen LogP contribution in [0.1, 0.15) is 18.4 Å². The molecule has 0 amide bonds. The second kappa shape index (κ2) is 7.14. The first-order valence-corrected chi connectivity index (χ1v) is 8.70. The Morgan fingerprint density at radius 2 is 2.16 bits per heavy atom. The van der Waals surface area contributed by atoms with Gasteiger partial charge in [0, 0.05) is 38.1 Å². The van der Waals surface area contributed by atoms with Crippen LogP contribution < -0.4 is 25.2 Å². The van der Waals surface area contributed by atoms with Gasteiger partial charge in [-0.05, 0) is 30.5 Å². The van der Waals surface area contributed by atoms with Crippen LogP contribution >= 0.6 is 0 Å². The van der Waals surface area contributed by atoms with E-state index in [0.717, 1.165) is 49.5 Å². The van der Waals surface area contributed by atoms with E-state index in [-0.39, 0.29) is 5.56 Å². The maximum atomic E-state index is 11.9. The summed E-state index contributed by atoms with van der Waals surface area (Å²) in [6.45, 7) is 3.61. The molecular formula is C18H22N4O3. The largest absolute Gasteiger partial charge is 0.486 e. The summed E-state index contributed by atoms with van der Waals surface area (Å²) < 4.78 is 11.2. The molecule has 0 unspecified atom stereocenters. The Hall–Kier alpha value is -2.54. The minimum absolute atomic E-state index is 0.130. The van der Waals surface area contributed by atoms with Crippen LogP contribution in [0.2, 0.25) is 0 Å². The van der Waals surface area contributed by atoms with E-state index >= 15 is 0 Å². The lowest BCUT2D eigenvalue weighted by atomic mass is 10.1. The van der Waals surface area contributed by atoms with E-state index in [1.54, 1.807) is 12.4 Å². The SMILES string of the molecule is O=c1[nH]ccnc1N1CCC[C@@H](NCc2ccc3c(c2)OCCO3)C1. The van der Waals surface area contributed by atoms with Crippen molar-refractivity contribution in [3.05, 3.63) is 46.5 Å². The molecule has 0 bridgehead atoms. The average Bonchev–Trinajstić information content (AvgIpc) is 2.67. The first kappa shape index (κ1) is 16.0. The van der Waals surface area contributed by atoms with Crippen LogP contribution in [0, 0.1) is 0 Å². The fraction of sp³-hybridized carbons (Fsp3) is 0.444. The Morgan fingerprint density at radius 1 is 1.28 bits per heavy atom. The zero-order valence-corrected chi connectivity index (χ0v) is 14.0. The minimum atomic E-state index is -0.130. The molecule has 1 atom stereocenters. The van der Waals surface area contributed by atoms with Gasteiger partial charge in [-0.15, -0.1) is 0 Å². The summed E-state index contributed by atoms with van der Waals surface area (Å²) in [4.78, 5) is 20.9. The van der Waals surface area contributed by atoms with Crippen molar-refractivity contribution in [1.29, 1.82) is 0 Å². The van der Waals surface area contributed by atoms with E-state index in [9.17, 15) is 4.79 Å². The number of benzene rings is 1. The molecule has 0 aliphatic carbocycles. The van der Waals surface area contributed by atoms with Crippen molar-refractivity contribution < 1.29 is 9.47 Å². The Balaban J connectivity index is 1.38. The van der Waals surface area contributed by atoms with E-state index in [2.05, 4.69) is 26.3 Å². The van der Waals surface area contributed by atoms with Crippen molar-refractivity contribution in [3.63, 3.8) is 0 Å². The van der Waals surface area contributed by atoms with Crippen LogP contribution in [-0.2, 0) is 6.54 Å². The van der Waals surface area contributed by atoms with Crippen molar-refractivity contribution in [2.45, 2.75) is 25.4 Å². The van der Waals surface area contributed by atoms with Crippen molar-refractivity contribution >= 4 is 5.82 Å². The Morgan fingerprint density at radius 3 is 3.04 bits per heavy atom. The van der Waals surface area contributed by atoms with Crippen LogP contribution in [0.5, 0.6) is 11.5 Å². The predicted molar refractivity (Wildman–Crippen MR) is 94.4 cm³/mol. The molecule has 3 heterocycles. The fourth-order valence-corrected chi connectivity index (χ4v) is 3.37. The lowest BCUT2D eigenvalue weighted by Gasteiger charge is -2.33. The molecule has 1 saturated heterocycles. The standard InChI is InChI=1S/C18H22N4O3/c23-18-17(19-5-6-20-18)22-7-1-2-14(12-22)21-11-13-3-4-15-16(10-13)25-9-8-24-15/h3-6,10,14,21H,1-2,7-9,11-12H2,(H,20,23)/t14-/m1/s1. The van der Waals surface area contributed by atoms with Crippen molar-refractivity contribution in [2.24, 2.45) is 0 Å². The number of aromatic nitrogens is 2. The summed E-state index contributed by atoms with van der Waals surface area (Å²) in [5, 5.41) is 3.59. The molecular weight excluding hydrogens is 320 g/mol. The van der Waals surface area contributed by atoms with Gasteiger partial charge in [0.15, 0.2) is 17.3 Å². The lowest BCUT2D eigenvalue weighted by molar-refractivity contribution is 0.171. The van der Waals surface area contributed by atoms with Crippen molar-refractivity contribution in [1.82, 2.24) is 15.3 Å². The molecule has 2 aliphatic rings. The number of hydrogen-bond acceptors (Lipinski definition) is 6. The monoisotopic (exact) mass is 342 g/mol. The molecule has 0 spiro atoms. The zero-order chi connectivity index (χ0) is 17.1. The highest BCUT2D eigenvalue weighted by Crippen LogP contribution is 2.30. The van der Waals surface area contributed by atoms with Crippen molar-refractivity contribution in [2.75, 3.05) is 31.2 Å². The van der Waals surface area contributed by atoms with Crippen LogP contribution in [-0.4, -0.2) is 42.3 Å². The van der Waals surface area contributed by atoms with Gasteiger partial charge in [0.05, 0.1) is 0 Å². The number of ether oxygens (including phenoxy) is 2. The number of nitrogens with one attached hydrogen (secondary N) is 2. The van der Waals surface area contributed by atoms with Gasteiger partial charge in [-0.3, -0.25) is 4.79 Å². The molecule has 25 heavy (non-hydrogen) atoms. The highest BCUT2D eigenvalue weighted by molar-refractivity contribution is 5.43. The van der Waals surface area contributed by atoms with Gasteiger partial charge < -0.3 is 24.7 Å². The first-order valence-electron chi connectivity index (χ1n) is 8.70. The maximum Gasteiger partial charge on any atom is 0.290 e. The van der Waals surface area contributed by atoms with Crippen LogP contribution in [0.15, 0.2) is 35.4 Å². The average molecular weight is 342 g/mol. The number of hydrogen-bond donors (Lipinski definition) is 2. The maximum absolute atomic E-state index is 11.9. The number of aromatic amines is 1. The van der Waals surface area contributed by atoms with E-state index in [4.69, 9.17) is 9.47 Å². The summed E-state index contributed by atoms with van der Waals surface area (Å²) in [5.74, 6) is 2.14. The second-order valence-electron chi connectivity index (χ2n) is 6.39. The predicted octanol–water partition coefficient (Wildman–Crippen LogP) is 1.30. The molecule has 7 heteroatoms. The minimum Gasteiger partial charge on any atom is -0.486 e. The lowest BCUT2D eigenvalue weighted by Crippen LogP contribution is -2.47. The third-order valence-corrected chi connectivity index (χ3v) is 4.61. The number of piperidine rings is 1. The smallest absolute Gasteiger partial charge is 0.290 e. The molecule has 7 nitrogen and oxygen atoms in total. The number of nitrogens with zero attached hydrogens (tertiary/aromatic N) is 2. The Kier molecular flexibility index (Phi) is 4.56. The van der Waals surface area contributed by atoms with Gasteiger partial charge in [-0.25, -0.2) is 4.98 Å². The summed E-state index contributed by atoms with van der Waals surface area (Å²) in [5.41, 5.74) is 1.03. The van der Waals surface area contributed by atoms with Gasteiger partial charge in [-0.1, -0.05) is 6.07 Å². The van der Waals surface area contributed by atoms with E-state index in [1.165, 1.54) is 0 Å². The second-order valence-corrected chi connectivity index (χ2v) is 6.39. The number of H-pyrrole nitrogens is 1. The van der Waals surface area contributed by atoms with Gasteiger partial charge in [0.25, 0.3) is 5.56 Å². The molecule has 1 aromatic heterocycles. The zero-order valence-electron chi connectivity index (χ0n) is 14.0. The highest BCUT2D eigenvalue weighted by Gasteiger charge is 2.22. The summed E-state index contributed by atoms with van der Waals surface area (Å²) in [7, 11) is 0. The van der Waals surface area contributed by atoms with Crippen LogP contribution in [0.4, 0.5) is 5.82 Å². The van der Waals surface area contributed by atoms with Gasteiger partial charge in [-0.2, -0.15) is 0 Å². The number of rotatable bonds is 4. The molecule has 2 aliphatic heterocycles. The van der Waals surface area contributed by atoms with Crippen LogP contribution in [0.25, 0.3) is 0 Å². The molecule has 4 rings (SSSR count). The van der Waals surface area contributed by atoms with E-state index in [1.807, 2.05) is 12.1 Å². The molecule has 2 N–H and O–H groups in total. The summed E-state index contributed by atoms with van der Waals surface area (Å²) >= 11 is 0. The van der Waals surface area contributed by atoms with Crippen LogP contribution in [0.3, 0.4) is 0 Å². The number of fused-ring (bicyclic) bond motifs is 1. The third kappa shape index (κ3) is 3.61. The van der Waals surface area contributed by atoms with Gasteiger partial charge >= 0.3 is 0 Å². The number of anilines is 1. The highest BCUT2D eigenvalue weighted by atomic mass is 16.6. The van der Waals surface area contributed by atoms with Crippen molar-refractivity contribution in [3.8, 4) is 11.5 Å². The first-order chi connectivity index (χ1) is 12.3. The molecule has 0 saturated carbocycles. The van der Waals surface area contributed by atoms with Gasteiger partial charge in [0.2, 0.25) is 0 Å². The topological polar surface area (TPSA) is 79.5 Å². The van der Waals surface area contributed by atoms with E-state index < -0.39 is 0 Å². The van der Waals surface area contributed by atoms with Gasteiger partial charge in [0.1, 0.15) is 13.2 Å². The molecule has 2 aromatic rings. The van der Waals surface area contributed by atoms with E-state index in [0.29, 0.717) is 25.1 Å². The normalized spacial score (nSPS) is 19.7. The summed E-state index contributed by atoms with van der Waals surface area (Å²) in [6.07, 6.45) is 5.32. The Labute approximate surface area is 146 Å². The fourth-order valence-electron chi connectivity index (χ4n) is 3.37.